The van der Waals surface area contributed by atoms with Crippen molar-refractivity contribution in [2.75, 3.05) is 19.4 Å². The number of rotatable bonds is 4. The molecule has 4 nitrogen and oxygen atoms in total. The fourth-order valence-corrected chi connectivity index (χ4v) is 2.07. The third-order valence-corrected chi connectivity index (χ3v) is 3.06. The Morgan fingerprint density at radius 1 is 1.25 bits per heavy atom. The second kappa shape index (κ2) is 6.50. The predicted octanol–water partition coefficient (Wildman–Crippen LogP) is 3.05. The summed E-state index contributed by atoms with van der Waals surface area (Å²) in [6, 6.07) is 11.0. The molecule has 104 valence electrons. The number of para-hydroxylation sites is 1. The maximum absolute atomic E-state index is 12.2. The molecule has 1 heterocycles. The molecule has 0 aliphatic rings. The first-order chi connectivity index (χ1) is 9.58. The quantitative estimate of drug-likeness (QED) is 0.880. The van der Waals surface area contributed by atoms with Crippen LogP contribution in [0.1, 0.15) is 15.9 Å². The largest absolute Gasteiger partial charge is 0.322 e. The molecule has 0 saturated heterocycles. The number of halogens is 1. The van der Waals surface area contributed by atoms with Gasteiger partial charge in [0.1, 0.15) is 5.15 Å². The van der Waals surface area contributed by atoms with Crippen molar-refractivity contribution in [1.29, 1.82) is 0 Å². The summed E-state index contributed by atoms with van der Waals surface area (Å²) in [5, 5.41) is 3.09. The zero-order chi connectivity index (χ0) is 14.5. The van der Waals surface area contributed by atoms with E-state index in [0.29, 0.717) is 5.56 Å². The van der Waals surface area contributed by atoms with Gasteiger partial charge in [0.05, 0.1) is 5.56 Å². The zero-order valence-electron chi connectivity index (χ0n) is 11.4. The molecule has 0 radical (unpaired) electrons. The molecule has 1 amide bonds. The van der Waals surface area contributed by atoms with Crippen LogP contribution in [0.3, 0.4) is 0 Å². The van der Waals surface area contributed by atoms with E-state index in [2.05, 4.69) is 10.3 Å². The Hall–Kier alpha value is -1.91. The molecule has 0 atom stereocenters. The molecular formula is C15H16ClN3O. The highest BCUT2D eigenvalue weighted by Crippen LogP contribution is 2.19. The topological polar surface area (TPSA) is 45.2 Å². The van der Waals surface area contributed by atoms with Crippen LogP contribution in [0.4, 0.5) is 5.69 Å². The van der Waals surface area contributed by atoms with Crippen molar-refractivity contribution in [1.82, 2.24) is 9.88 Å². The van der Waals surface area contributed by atoms with Gasteiger partial charge in [0, 0.05) is 18.4 Å². The van der Waals surface area contributed by atoms with Gasteiger partial charge in [-0.2, -0.15) is 0 Å². The maximum atomic E-state index is 12.2. The number of anilines is 1. The Morgan fingerprint density at radius 3 is 2.70 bits per heavy atom. The lowest BCUT2D eigenvalue weighted by Gasteiger charge is -2.15. The van der Waals surface area contributed by atoms with Gasteiger partial charge in [-0.1, -0.05) is 29.8 Å². The Kier molecular flexibility index (Phi) is 4.71. The summed E-state index contributed by atoms with van der Waals surface area (Å²) in [6.45, 7) is 0.747. The van der Waals surface area contributed by atoms with Crippen LogP contribution < -0.4 is 5.32 Å². The molecule has 1 N–H and O–H groups in total. The van der Waals surface area contributed by atoms with Gasteiger partial charge in [-0.05, 0) is 37.9 Å². The van der Waals surface area contributed by atoms with Crippen LogP contribution >= 0.6 is 11.6 Å². The predicted molar refractivity (Wildman–Crippen MR) is 81.0 cm³/mol. The summed E-state index contributed by atoms with van der Waals surface area (Å²) in [5.41, 5.74) is 2.20. The number of carbonyl (C=O) groups excluding carboxylic acids is 1. The molecule has 5 heteroatoms. The van der Waals surface area contributed by atoms with E-state index in [1.54, 1.807) is 18.3 Å². The third-order valence-electron chi connectivity index (χ3n) is 2.76. The minimum atomic E-state index is -0.255. The van der Waals surface area contributed by atoms with Crippen LogP contribution in [0.2, 0.25) is 5.15 Å². The molecular weight excluding hydrogens is 274 g/mol. The zero-order valence-corrected chi connectivity index (χ0v) is 12.2. The molecule has 1 aromatic carbocycles. The summed E-state index contributed by atoms with van der Waals surface area (Å²) >= 11 is 5.93. The van der Waals surface area contributed by atoms with E-state index in [1.807, 2.05) is 43.3 Å². The number of hydrogen-bond acceptors (Lipinski definition) is 3. The molecule has 0 spiro atoms. The van der Waals surface area contributed by atoms with Crippen LogP contribution in [0.5, 0.6) is 0 Å². The van der Waals surface area contributed by atoms with Crippen molar-refractivity contribution >= 4 is 23.2 Å². The normalized spacial score (nSPS) is 10.6. The summed E-state index contributed by atoms with van der Waals surface area (Å²) in [7, 11) is 3.97. The Balaban J connectivity index is 2.22. The summed E-state index contributed by atoms with van der Waals surface area (Å²) < 4.78 is 0. The minimum Gasteiger partial charge on any atom is -0.322 e. The van der Waals surface area contributed by atoms with E-state index >= 15 is 0 Å². The lowest BCUT2D eigenvalue weighted by atomic mass is 10.1. The van der Waals surface area contributed by atoms with Crippen LogP contribution in [0.25, 0.3) is 0 Å². The lowest BCUT2D eigenvalue weighted by molar-refractivity contribution is 0.102. The van der Waals surface area contributed by atoms with E-state index in [1.165, 1.54) is 0 Å². The molecule has 0 fully saturated rings. The molecule has 2 rings (SSSR count). The number of amides is 1. The highest BCUT2D eigenvalue weighted by atomic mass is 35.5. The van der Waals surface area contributed by atoms with Crippen LogP contribution in [0, 0.1) is 0 Å². The summed E-state index contributed by atoms with van der Waals surface area (Å²) in [5.74, 6) is -0.255. The SMILES string of the molecule is CN(C)Cc1ccccc1NC(=O)c1cccnc1Cl. The first-order valence-electron chi connectivity index (χ1n) is 6.22. The highest BCUT2D eigenvalue weighted by Gasteiger charge is 2.12. The first kappa shape index (κ1) is 14.5. The number of hydrogen-bond donors (Lipinski definition) is 1. The molecule has 0 aliphatic heterocycles. The smallest absolute Gasteiger partial charge is 0.258 e. The van der Waals surface area contributed by atoms with Crippen molar-refractivity contribution in [2.24, 2.45) is 0 Å². The monoisotopic (exact) mass is 289 g/mol. The van der Waals surface area contributed by atoms with E-state index < -0.39 is 0 Å². The molecule has 1 aromatic heterocycles. The van der Waals surface area contributed by atoms with Crippen LogP contribution in [0.15, 0.2) is 42.6 Å². The second-order valence-electron chi connectivity index (χ2n) is 4.69. The Bertz CT molecular complexity index is 614. The van der Waals surface area contributed by atoms with Gasteiger partial charge in [-0.25, -0.2) is 4.98 Å². The minimum absolute atomic E-state index is 0.204. The number of pyridine rings is 1. The molecule has 2 aromatic rings. The molecule has 0 saturated carbocycles. The fourth-order valence-electron chi connectivity index (χ4n) is 1.87. The van der Waals surface area contributed by atoms with Crippen molar-refractivity contribution in [3.63, 3.8) is 0 Å². The van der Waals surface area contributed by atoms with Crippen molar-refractivity contribution in [3.8, 4) is 0 Å². The molecule has 0 aliphatic carbocycles. The number of nitrogens with zero attached hydrogens (tertiary/aromatic N) is 2. The first-order valence-corrected chi connectivity index (χ1v) is 6.60. The highest BCUT2D eigenvalue weighted by molar-refractivity contribution is 6.33. The molecule has 0 unspecified atom stereocenters. The Labute approximate surface area is 123 Å². The summed E-state index contributed by atoms with van der Waals surface area (Å²) in [4.78, 5) is 18.2. The van der Waals surface area contributed by atoms with E-state index in [4.69, 9.17) is 11.6 Å². The second-order valence-corrected chi connectivity index (χ2v) is 5.05. The number of carbonyl (C=O) groups is 1. The van der Waals surface area contributed by atoms with Gasteiger partial charge in [0.25, 0.3) is 5.91 Å². The molecule has 20 heavy (non-hydrogen) atoms. The number of benzene rings is 1. The average Bonchev–Trinajstić information content (AvgIpc) is 2.41. The summed E-state index contributed by atoms with van der Waals surface area (Å²) in [6.07, 6.45) is 1.55. The van der Waals surface area contributed by atoms with Crippen molar-refractivity contribution in [3.05, 3.63) is 58.9 Å². The van der Waals surface area contributed by atoms with E-state index in [-0.39, 0.29) is 11.1 Å². The van der Waals surface area contributed by atoms with E-state index in [9.17, 15) is 4.79 Å². The fraction of sp³-hybridized carbons (Fsp3) is 0.200. The number of nitrogens with one attached hydrogen (secondary N) is 1. The number of aromatic nitrogens is 1. The van der Waals surface area contributed by atoms with Gasteiger partial charge in [-0.15, -0.1) is 0 Å². The molecule has 0 bridgehead atoms. The van der Waals surface area contributed by atoms with Gasteiger partial charge in [0.2, 0.25) is 0 Å². The van der Waals surface area contributed by atoms with Crippen LogP contribution in [-0.4, -0.2) is 29.9 Å². The van der Waals surface area contributed by atoms with Gasteiger partial charge >= 0.3 is 0 Å². The van der Waals surface area contributed by atoms with Gasteiger partial charge in [0.15, 0.2) is 0 Å². The Morgan fingerprint density at radius 2 is 2.00 bits per heavy atom. The van der Waals surface area contributed by atoms with Crippen LogP contribution in [-0.2, 0) is 6.54 Å². The van der Waals surface area contributed by atoms with Crippen molar-refractivity contribution in [2.45, 2.75) is 6.54 Å². The van der Waals surface area contributed by atoms with E-state index in [0.717, 1.165) is 17.8 Å². The lowest BCUT2D eigenvalue weighted by Crippen LogP contribution is -2.17. The van der Waals surface area contributed by atoms with Gasteiger partial charge < -0.3 is 10.2 Å². The standard InChI is InChI=1S/C15H16ClN3O/c1-19(2)10-11-6-3-4-8-13(11)18-15(20)12-7-5-9-17-14(12)16/h3-9H,10H2,1-2H3,(H,18,20). The van der Waals surface area contributed by atoms with Gasteiger partial charge in [-0.3, -0.25) is 4.79 Å². The van der Waals surface area contributed by atoms with Crippen molar-refractivity contribution < 1.29 is 4.79 Å². The average molecular weight is 290 g/mol. The third kappa shape index (κ3) is 3.56. The maximum Gasteiger partial charge on any atom is 0.258 e.